The van der Waals surface area contributed by atoms with E-state index < -0.39 is 12.0 Å². The van der Waals surface area contributed by atoms with Crippen molar-refractivity contribution in [2.24, 2.45) is 11.7 Å². The molecule has 1 rings (SSSR count). The van der Waals surface area contributed by atoms with Crippen LogP contribution in [-0.4, -0.2) is 27.4 Å². The van der Waals surface area contributed by atoms with E-state index in [4.69, 9.17) is 10.8 Å². The number of aromatic nitrogens is 1. The van der Waals surface area contributed by atoms with Gasteiger partial charge in [0.2, 0.25) is 5.91 Å². The lowest BCUT2D eigenvalue weighted by molar-refractivity contribution is -0.117. The second kappa shape index (κ2) is 5.92. The Hall–Kier alpha value is -1.47. The molecule has 4 N–H and O–H groups in total. The molecule has 18 heavy (non-hydrogen) atoms. The van der Waals surface area contributed by atoms with E-state index in [-0.39, 0.29) is 16.5 Å². The van der Waals surface area contributed by atoms with Crippen molar-refractivity contribution in [2.75, 3.05) is 5.32 Å². The Morgan fingerprint density at radius 1 is 1.50 bits per heavy atom. The highest BCUT2D eigenvalue weighted by Crippen LogP contribution is 2.24. The molecule has 0 saturated heterocycles. The van der Waals surface area contributed by atoms with Crippen molar-refractivity contribution in [2.45, 2.75) is 33.2 Å². The Kier molecular flexibility index (Phi) is 4.80. The van der Waals surface area contributed by atoms with Crippen LogP contribution in [0, 0.1) is 12.8 Å². The maximum atomic E-state index is 11.8. The summed E-state index contributed by atoms with van der Waals surface area (Å²) in [4.78, 5) is 22.8. The molecule has 0 fully saturated rings. The fourth-order valence-electron chi connectivity index (χ4n) is 1.53. The molecule has 6 nitrogen and oxygen atoms in total. The molecule has 1 aromatic heterocycles. The third kappa shape index (κ3) is 3.51. The molecule has 1 heterocycles. The second-order valence-electron chi connectivity index (χ2n) is 4.50. The van der Waals surface area contributed by atoms with Crippen LogP contribution in [0.1, 0.15) is 36.3 Å². The van der Waals surface area contributed by atoms with E-state index in [2.05, 4.69) is 9.69 Å². The molecular weight excluding hydrogens is 254 g/mol. The van der Waals surface area contributed by atoms with Gasteiger partial charge in [-0.25, -0.2) is 4.79 Å². The summed E-state index contributed by atoms with van der Waals surface area (Å²) in [7, 11) is 0. The first-order chi connectivity index (χ1) is 8.32. The standard InChI is InChI=1S/C11H17N3O3S/c1-5(2)4-7(12)9(15)13-10-8(11(16)17)6(3)14-18-10/h5,7H,4,12H2,1-3H3,(H,13,15)(H,16,17). The van der Waals surface area contributed by atoms with Gasteiger partial charge in [0.05, 0.1) is 11.7 Å². The van der Waals surface area contributed by atoms with Gasteiger partial charge in [-0.2, -0.15) is 4.37 Å². The highest BCUT2D eigenvalue weighted by Gasteiger charge is 2.22. The average molecular weight is 271 g/mol. The smallest absolute Gasteiger partial charge is 0.340 e. The summed E-state index contributed by atoms with van der Waals surface area (Å²) < 4.78 is 3.92. The number of carboxylic acid groups (broad SMARTS) is 1. The van der Waals surface area contributed by atoms with E-state index in [1.165, 1.54) is 0 Å². The minimum atomic E-state index is -1.10. The van der Waals surface area contributed by atoms with Crippen LogP contribution < -0.4 is 11.1 Å². The number of nitrogens with two attached hydrogens (primary N) is 1. The molecule has 0 spiro atoms. The molecular formula is C11H17N3O3S. The van der Waals surface area contributed by atoms with Gasteiger partial charge >= 0.3 is 5.97 Å². The fourth-order valence-corrected chi connectivity index (χ4v) is 2.32. The van der Waals surface area contributed by atoms with Crippen LogP contribution >= 0.6 is 11.5 Å². The van der Waals surface area contributed by atoms with Crippen LogP contribution in [0.2, 0.25) is 0 Å². The Morgan fingerprint density at radius 2 is 2.11 bits per heavy atom. The van der Waals surface area contributed by atoms with Gasteiger partial charge in [-0.1, -0.05) is 13.8 Å². The first kappa shape index (κ1) is 14.6. The molecule has 1 atom stereocenters. The van der Waals surface area contributed by atoms with E-state index in [1.54, 1.807) is 6.92 Å². The summed E-state index contributed by atoms with van der Waals surface area (Å²) in [5.74, 6) is -1.18. The summed E-state index contributed by atoms with van der Waals surface area (Å²) >= 11 is 0.951. The van der Waals surface area contributed by atoms with Gasteiger partial charge in [-0.05, 0) is 30.8 Å². The lowest BCUT2D eigenvalue weighted by Crippen LogP contribution is -2.36. The predicted octanol–water partition coefficient (Wildman–Crippen LogP) is 1.46. The fraction of sp³-hybridized carbons (Fsp3) is 0.545. The minimum Gasteiger partial charge on any atom is -0.478 e. The first-order valence-electron chi connectivity index (χ1n) is 5.59. The first-order valence-corrected chi connectivity index (χ1v) is 6.36. The van der Waals surface area contributed by atoms with E-state index in [0.717, 1.165) is 11.5 Å². The van der Waals surface area contributed by atoms with Crippen LogP contribution in [0.5, 0.6) is 0 Å². The van der Waals surface area contributed by atoms with Crippen LogP contribution in [-0.2, 0) is 4.79 Å². The van der Waals surface area contributed by atoms with Gasteiger partial charge in [0.25, 0.3) is 0 Å². The molecule has 0 saturated carbocycles. The molecule has 1 amide bonds. The van der Waals surface area contributed by atoms with Crippen molar-refractivity contribution in [3.05, 3.63) is 11.3 Å². The number of anilines is 1. The van der Waals surface area contributed by atoms with Crippen LogP contribution in [0.3, 0.4) is 0 Å². The zero-order valence-electron chi connectivity index (χ0n) is 10.6. The number of rotatable bonds is 5. The summed E-state index contributed by atoms with van der Waals surface area (Å²) in [6, 6.07) is -0.644. The van der Waals surface area contributed by atoms with Gasteiger partial charge in [-0.15, -0.1) is 0 Å². The Balaban J connectivity index is 2.79. The summed E-state index contributed by atoms with van der Waals surface area (Å²) in [6.07, 6.45) is 0.548. The Bertz CT molecular complexity index is 456. The van der Waals surface area contributed by atoms with Crippen LogP contribution in [0.25, 0.3) is 0 Å². The highest BCUT2D eigenvalue weighted by molar-refractivity contribution is 7.11. The van der Waals surface area contributed by atoms with Crippen molar-refractivity contribution < 1.29 is 14.7 Å². The van der Waals surface area contributed by atoms with Crippen LogP contribution in [0.15, 0.2) is 0 Å². The lowest BCUT2D eigenvalue weighted by atomic mass is 10.0. The predicted molar refractivity (Wildman–Crippen MR) is 69.9 cm³/mol. The number of hydrogen-bond acceptors (Lipinski definition) is 5. The zero-order valence-corrected chi connectivity index (χ0v) is 11.4. The number of hydrogen-bond donors (Lipinski definition) is 3. The number of amides is 1. The van der Waals surface area contributed by atoms with Crippen molar-refractivity contribution in [1.82, 2.24) is 4.37 Å². The molecule has 1 aromatic rings. The maximum absolute atomic E-state index is 11.8. The molecule has 0 aliphatic heterocycles. The normalized spacial score (nSPS) is 12.5. The Labute approximate surface area is 109 Å². The number of carbonyl (C=O) groups excluding carboxylic acids is 1. The SMILES string of the molecule is Cc1nsc(NC(=O)C(N)CC(C)C)c1C(=O)O. The van der Waals surface area contributed by atoms with E-state index in [9.17, 15) is 9.59 Å². The maximum Gasteiger partial charge on any atom is 0.340 e. The quantitative estimate of drug-likeness (QED) is 0.752. The molecule has 0 bridgehead atoms. The molecule has 0 radical (unpaired) electrons. The van der Waals surface area contributed by atoms with E-state index in [1.807, 2.05) is 13.8 Å². The minimum absolute atomic E-state index is 0.0325. The summed E-state index contributed by atoms with van der Waals surface area (Å²) in [5.41, 5.74) is 6.15. The second-order valence-corrected chi connectivity index (χ2v) is 5.28. The molecule has 100 valence electrons. The molecule has 1 unspecified atom stereocenters. The van der Waals surface area contributed by atoms with Crippen molar-refractivity contribution in [1.29, 1.82) is 0 Å². The average Bonchev–Trinajstić information content (AvgIpc) is 2.58. The van der Waals surface area contributed by atoms with E-state index in [0.29, 0.717) is 18.0 Å². The summed E-state index contributed by atoms with van der Waals surface area (Å²) in [6.45, 7) is 5.52. The van der Waals surface area contributed by atoms with Crippen molar-refractivity contribution in [3.8, 4) is 0 Å². The zero-order chi connectivity index (χ0) is 13.9. The van der Waals surface area contributed by atoms with Crippen molar-refractivity contribution >= 4 is 28.4 Å². The third-order valence-electron chi connectivity index (χ3n) is 2.38. The topological polar surface area (TPSA) is 105 Å². The number of aromatic carboxylic acids is 1. The highest BCUT2D eigenvalue weighted by atomic mass is 32.1. The third-order valence-corrected chi connectivity index (χ3v) is 3.23. The molecule has 0 aliphatic rings. The number of nitrogens with zero attached hydrogens (tertiary/aromatic N) is 1. The molecule has 7 heteroatoms. The number of carboxylic acids is 1. The molecule has 0 aromatic carbocycles. The van der Waals surface area contributed by atoms with Crippen LogP contribution in [0.4, 0.5) is 5.00 Å². The largest absolute Gasteiger partial charge is 0.478 e. The number of aryl methyl sites for hydroxylation is 1. The van der Waals surface area contributed by atoms with Gasteiger partial charge in [0, 0.05) is 0 Å². The van der Waals surface area contributed by atoms with Gasteiger partial charge in [0.15, 0.2) is 0 Å². The van der Waals surface area contributed by atoms with Gasteiger partial charge < -0.3 is 16.2 Å². The number of nitrogens with one attached hydrogen (secondary N) is 1. The van der Waals surface area contributed by atoms with E-state index >= 15 is 0 Å². The molecule has 0 aliphatic carbocycles. The monoisotopic (exact) mass is 271 g/mol. The lowest BCUT2D eigenvalue weighted by Gasteiger charge is -2.13. The number of carbonyl (C=O) groups is 2. The summed E-state index contributed by atoms with van der Waals surface area (Å²) in [5, 5.41) is 11.8. The van der Waals surface area contributed by atoms with Crippen molar-refractivity contribution in [3.63, 3.8) is 0 Å². The Morgan fingerprint density at radius 3 is 2.61 bits per heavy atom. The van der Waals surface area contributed by atoms with Gasteiger partial charge in [0.1, 0.15) is 10.6 Å². The van der Waals surface area contributed by atoms with Gasteiger partial charge in [-0.3, -0.25) is 4.79 Å².